The predicted octanol–water partition coefficient (Wildman–Crippen LogP) is 0.593. The van der Waals surface area contributed by atoms with Crippen molar-refractivity contribution in [2.45, 2.75) is 12.5 Å². The zero-order valence-corrected chi connectivity index (χ0v) is 12.5. The number of hydrogen-bond acceptors (Lipinski definition) is 5. The largest absolute Gasteiger partial charge is 0.467 e. The fraction of sp³-hybridized carbons (Fsp3) is 0.357. The predicted molar refractivity (Wildman–Crippen MR) is 76.3 cm³/mol. The van der Waals surface area contributed by atoms with Crippen LogP contribution in [0.1, 0.15) is 27.1 Å². The number of amides is 2. The second kappa shape index (κ2) is 6.17. The van der Waals surface area contributed by atoms with Crippen molar-refractivity contribution in [1.82, 2.24) is 4.90 Å². The van der Waals surface area contributed by atoms with Gasteiger partial charge in [-0.1, -0.05) is 12.1 Å². The maximum Gasteiger partial charge on any atom is 0.329 e. The number of benzene rings is 1. The summed E-state index contributed by atoms with van der Waals surface area (Å²) in [6.07, 6.45) is 1.61. The molecule has 21 heavy (non-hydrogen) atoms. The van der Waals surface area contributed by atoms with E-state index in [2.05, 4.69) is 4.74 Å². The van der Waals surface area contributed by atoms with Crippen LogP contribution in [0, 0.1) is 0 Å². The van der Waals surface area contributed by atoms with E-state index in [0.29, 0.717) is 0 Å². The number of imide groups is 1. The molecular weight excluding hydrogens is 294 g/mol. The van der Waals surface area contributed by atoms with Crippen molar-refractivity contribution in [3.8, 4) is 0 Å². The highest BCUT2D eigenvalue weighted by atomic mass is 32.2. The number of carbonyl (C=O) groups is 3. The number of carbonyl (C=O) groups excluding carboxylic acids is 3. The zero-order valence-electron chi connectivity index (χ0n) is 11.7. The molecule has 1 aliphatic rings. The van der Waals surface area contributed by atoms with Crippen molar-refractivity contribution in [3.63, 3.8) is 0 Å². The first-order valence-corrected chi connectivity index (χ1v) is 8.05. The molecule has 6 nitrogen and oxygen atoms in total. The fourth-order valence-electron chi connectivity index (χ4n) is 2.26. The maximum atomic E-state index is 12.3. The summed E-state index contributed by atoms with van der Waals surface area (Å²) >= 11 is 0. The van der Waals surface area contributed by atoms with E-state index in [-0.39, 0.29) is 23.3 Å². The van der Waals surface area contributed by atoms with Crippen molar-refractivity contribution in [2.75, 3.05) is 19.1 Å². The smallest absolute Gasteiger partial charge is 0.329 e. The Morgan fingerprint density at radius 3 is 2.19 bits per heavy atom. The summed E-state index contributed by atoms with van der Waals surface area (Å²) in [5.74, 6) is -1.52. The standard InChI is InChI=1S/C14H15NO5S/c1-20-14(18)11(7-8-21(2)19)15-12(16)9-5-3-4-6-10(9)13(15)17/h3-6,11H,7-8H2,1-2H3/t11-,21-/m0/s1. The molecule has 2 rings (SSSR count). The second-order valence-electron chi connectivity index (χ2n) is 4.63. The Hall–Kier alpha value is -2.02. The van der Waals surface area contributed by atoms with Gasteiger partial charge < -0.3 is 4.74 Å². The van der Waals surface area contributed by atoms with Gasteiger partial charge in [0.2, 0.25) is 0 Å². The number of methoxy groups -OCH3 is 1. The van der Waals surface area contributed by atoms with Crippen LogP contribution in [-0.4, -0.2) is 52.1 Å². The average Bonchev–Trinajstić information content (AvgIpc) is 2.72. The third-order valence-corrected chi connectivity index (χ3v) is 4.10. The molecular formula is C14H15NO5S. The SMILES string of the molecule is COC(=O)[C@H](CC[S@](C)=O)N1C(=O)c2ccccc2C1=O. The van der Waals surface area contributed by atoms with Gasteiger partial charge in [-0.15, -0.1) is 0 Å². The van der Waals surface area contributed by atoms with Crippen LogP contribution >= 0.6 is 0 Å². The van der Waals surface area contributed by atoms with Gasteiger partial charge in [-0.2, -0.15) is 0 Å². The summed E-state index contributed by atoms with van der Waals surface area (Å²) in [6, 6.07) is 5.35. The van der Waals surface area contributed by atoms with Gasteiger partial charge in [0.1, 0.15) is 6.04 Å². The Morgan fingerprint density at radius 1 is 1.24 bits per heavy atom. The molecule has 2 atom stereocenters. The molecule has 0 unspecified atom stereocenters. The third kappa shape index (κ3) is 2.87. The maximum absolute atomic E-state index is 12.3. The normalized spacial score (nSPS) is 16.6. The molecule has 0 aliphatic carbocycles. The van der Waals surface area contributed by atoms with E-state index in [1.165, 1.54) is 13.4 Å². The summed E-state index contributed by atoms with van der Waals surface area (Å²) in [5.41, 5.74) is 0.544. The third-order valence-electron chi connectivity index (χ3n) is 3.29. The molecule has 2 amide bonds. The molecule has 0 N–H and O–H groups in total. The fourth-order valence-corrected chi connectivity index (χ4v) is 2.81. The highest BCUT2D eigenvalue weighted by Crippen LogP contribution is 2.26. The van der Waals surface area contributed by atoms with Crippen LogP contribution in [0.2, 0.25) is 0 Å². The Kier molecular flexibility index (Phi) is 4.52. The van der Waals surface area contributed by atoms with Gasteiger partial charge in [0.05, 0.1) is 18.2 Å². The minimum atomic E-state index is -1.13. The van der Waals surface area contributed by atoms with E-state index in [0.717, 1.165) is 4.90 Å². The van der Waals surface area contributed by atoms with Crippen LogP contribution < -0.4 is 0 Å². The van der Waals surface area contributed by atoms with Crippen molar-refractivity contribution in [2.24, 2.45) is 0 Å². The molecule has 0 radical (unpaired) electrons. The molecule has 0 fully saturated rings. The van der Waals surface area contributed by atoms with E-state index >= 15 is 0 Å². The quantitative estimate of drug-likeness (QED) is 0.587. The molecule has 1 aromatic carbocycles. The summed E-state index contributed by atoms with van der Waals surface area (Å²) in [4.78, 5) is 37.5. The molecule has 0 saturated carbocycles. The first kappa shape index (κ1) is 15.4. The minimum absolute atomic E-state index is 0.112. The minimum Gasteiger partial charge on any atom is -0.467 e. The average molecular weight is 309 g/mol. The van der Waals surface area contributed by atoms with Gasteiger partial charge >= 0.3 is 5.97 Å². The Labute approximate surface area is 124 Å². The number of nitrogens with zero attached hydrogens (tertiary/aromatic N) is 1. The number of hydrogen-bond donors (Lipinski definition) is 0. The Balaban J connectivity index is 2.33. The molecule has 112 valence electrons. The highest BCUT2D eigenvalue weighted by molar-refractivity contribution is 7.84. The van der Waals surface area contributed by atoms with Gasteiger partial charge in [-0.3, -0.25) is 18.7 Å². The summed E-state index contributed by atoms with van der Waals surface area (Å²) in [7, 11) is 0.0563. The molecule has 0 bridgehead atoms. The van der Waals surface area contributed by atoms with Crippen LogP contribution in [0.25, 0.3) is 0 Å². The first-order valence-electron chi connectivity index (χ1n) is 6.32. The molecule has 0 aromatic heterocycles. The van der Waals surface area contributed by atoms with Crippen molar-refractivity contribution >= 4 is 28.6 Å². The van der Waals surface area contributed by atoms with E-state index in [9.17, 15) is 18.6 Å². The van der Waals surface area contributed by atoms with Crippen LogP contribution in [0.3, 0.4) is 0 Å². The monoisotopic (exact) mass is 309 g/mol. The van der Waals surface area contributed by atoms with Crippen LogP contribution in [0.4, 0.5) is 0 Å². The van der Waals surface area contributed by atoms with E-state index in [4.69, 9.17) is 0 Å². The number of esters is 1. The summed E-state index contributed by atoms with van der Waals surface area (Å²) in [5, 5.41) is 0. The van der Waals surface area contributed by atoms with Gasteiger partial charge in [0, 0.05) is 22.8 Å². The summed E-state index contributed by atoms with van der Waals surface area (Å²) in [6.45, 7) is 0. The molecule has 1 aliphatic heterocycles. The van der Waals surface area contributed by atoms with Crippen LogP contribution in [-0.2, 0) is 20.3 Å². The van der Waals surface area contributed by atoms with Crippen molar-refractivity contribution in [1.29, 1.82) is 0 Å². The lowest BCUT2D eigenvalue weighted by atomic mass is 10.1. The highest BCUT2D eigenvalue weighted by Gasteiger charge is 2.42. The lowest BCUT2D eigenvalue weighted by Crippen LogP contribution is -2.46. The van der Waals surface area contributed by atoms with Gasteiger partial charge in [-0.05, 0) is 18.6 Å². The lowest BCUT2D eigenvalue weighted by Gasteiger charge is -2.23. The van der Waals surface area contributed by atoms with E-state index in [1.54, 1.807) is 24.3 Å². The van der Waals surface area contributed by atoms with Crippen LogP contribution in [0.5, 0.6) is 0 Å². The number of ether oxygens (including phenoxy) is 1. The Morgan fingerprint density at radius 2 is 1.76 bits per heavy atom. The molecule has 0 saturated heterocycles. The number of fused-ring (bicyclic) bond motifs is 1. The van der Waals surface area contributed by atoms with Crippen molar-refractivity contribution < 1.29 is 23.3 Å². The topological polar surface area (TPSA) is 80.8 Å². The van der Waals surface area contributed by atoms with E-state index in [1.807, 2.05) is 0 Å². The van der Waals surface area contributed by atoms with Crippen molar-refractivity contribution in [3.05, 3.63) is 35.4 Å². The molecule has 7 heteroatoms. The van der Waals surface area contributed by atoms with Gasteiger partial charge in [-0.25, -0.2) is 4.79 Å². The van der Waals surface area contributed by atoms with Crippen LogP contribution in [0.15, 0.2) is 24.3 Å². The summed E-state index contributed by atoms with van der Waals surface area (Å²) < 4.78 is 15.9. The zero-order chi connectivity index (χ0) is 15.6. The van der Waals surface area contributed by atoms with E-state index < -0.39 is 34.6 Å². The Bertz CT molecular complexity index is 593. The van der Waals surface area contributed by atoms with Gasteiger partial charge in [0.25, 0.3) is 11.8 Å². The molecule has 1 aromatic rings. The first-order chi connectivity index (χ1) is 9.97. The number of rotatable bonds is 5. The lowest BCUT2D eigenvalue weighted by molar-refractivity contribution is -0.145. The molecule has 0 spiro atoms. The van der Waals surface area contributed by atoms with Gasteiger partial charge in [0.15, 0.2) is 0 Å². The second-order valence-corrected chi connectivity index (χ2v) is 6.19. The molecule has 1 heterocycles.